The van der Waals surface area contributed by atoms with E-state index in [4.69, 9.17) is 14.2 Å². The summed E-state index contributed by atoms with van der Waals surface area (Å²) in [6, 6.07) is 8.77. The highest BCUT2D eigenvalue weighted by Gasteiger charge is 2.39. The first-order valence-corrected chi connectivity index (χ1v) is 11.3. The zero-order valence-electron chi connectivity index (χ0n) is 16.7. The van der Waals surface area contributed by atoms with Crippen molar-refractivity contribution in [3.05, 3.63) is 47.0 Å². The van der Waals surface area contributed by atoms with Crippen LogP contribution in [0.3, 0.4) is 0 Å². The van der Waals surface area contributed by atoms with E-state index in [0.29, 0.717) is 34.4 Å². The Kier molecular flexibility index (Phi) is 6.12. The van der Waals surface area contributed by atoms with Crippen LogP contribution < -0.4 is 14.2 Å². The summed E-state index contributed by atoms with van der Waals surface area (Å²) in [6.07, 6.45) is 0. The van der Waals surface area contributed by atoms with E-state index in [1.54, 1.807) is 57.4 Å². The lowest BCUT2D eigenvalue weighted by Crippen LogP contribution is -2.30. The molecule has 1 heterocycles. The van der Waals surface area contributed by atoms with Gasteiger partial charge in [0.1, 0.15) is 5.75 Å². The average Bonchev–Trinajstić information content (AvgIpc) is 3.19. The van der Waals surface area contributed by atoms with Gasteiger partial charge in [-0.1, -0.05) is 6.07 Å². The van der Waals surface area contributed by atoms with Crippen molar-refractivity contribution in [1.29, 1.82) is 0 Å². The van der Waals surface area contributed by atoms with Gasteiger partial charge < -0.3 is 14.2 Å². The van der Waals surface area contributed by atoms with Gasteiger partial charge in [-0.05, 0) is 43.2 Å². The van der Waals surface area contributed by atoms with Gasteiger partial charge in [-0.15, -0.1) is 11.8 Å². The smallest absolute Gasteiger partial charge is 0.244 e. The number of hydrogen-bond donors (Lipinski definition) is 0. The molecule has 1 fully saturated rings. The van der Waals surface area contributed by atoms with Crippen molar-refractivity contribution in [3.63, 3.8) is 0 Å². The molecule has 6 nitrogen and oxygen atoms in total. The van der Waals surface area contributed by atoms with Crippen molar-refractivity contribution < 1.29 is 22.6 Å². The monoisotopic (exact) mass is 423 g/mol. The molecule has 0 bridgehead atoms. The molecule has 2 aromatic carbocycles. The average molecular weight is 424 g/mol. The lowest BCUT2D eigenvalue weighted by molar-refractivity contribution is 0.344. The molecular formula is C20H25NO5S2. The fourth-order valence-electron chi connectivity index (χ4n) is 3.20. The van der Waals surface area contributed by atoms with Crippen LogP contribution in [-0.4, -0.2) is 46.4 Å². The number of nitrogens with zero attached hydrogens (tertiary/aromatic N) is 1. The van der Waals surface area contributed by atoms with Gasteiger partial charge in [-0.2, -0.15) is 4.31 Å². The normalized spacial score (nSPS) is 17.5. The summed E-state index contributed by atoms with van der Waals surface area (Å²) >= 11 is 1.57. The fourth-order valence-corrected chi connectivity index (χ4v) is 6.53. The van der Waals surface area contributed by atoms with Gasteiger partial charge in [0.2, 0.25) is 10.0 Å². The number of methoxy groups -OCH3 is 3. The van der Waals surface area contributed by atoms with E-state index in [9.17, 15) is 8.42 Å². The zero-order valence-corrected chi connectivity index (χ0v) is 18.3. The van der Waals surface area contributed by atoms with Crippen LogP contribution in [0.4, 0.5) is 0 Å². The largest absolute Gasteiger partial charge is 0.496 e. The quantitative estimate of drug-likeness (QED) is 0.705. The summed E-state index contributed by atoms with van der Waals surface area (Å²) in [5, 5.41) is -0.402. The third kappa shape index (κ3) is 3.68. The number of aryl methyl sites for hydroxylation is 2. The molecule has 0 N–H and O–H groups in total. The van der Waals surface area contributed by atoms with Crippen molar-refractivity contribution in [2.24, 2.45) is 0 Å². The minimum Gasteiger partial charge on any atom is -0.496 e. The van der Waals surface area contributed by atoms with Crippen LogP contribution in [0.2, 0.25) is 0 Å². The third-order valence-electron chi connectivity index (χ3n) is 4.94. The van der Waals surface area contributed by atoms with Gasteiger partial charge in [0.05, 0.1) is 31.6 Å². The standard InChI is InChI=1S/C20H25NO5S2/c1-13-6-7-15(10-14(13)2)28(22,23)21-8-9-27-20(21)16-11-18(25-4)19(26-5)12-17(16)24-3/h6-7,10-12,20H,8-9H2,1-5H3. The molecule has 0 amide bonds. The Balaban J connectivity index is 2.06. The second kappa shape index (κ2) is 8.23. The Labute approximate surface area is 170 Å². The van der Waals surface area contributed by atoms with E-state index >= 15 is 0 Å². The molecule has 1 aliphatic heterocycles. The van der Waals surface area contributed by atoms with Gasteiger partial charge >= 0.3 is 0 Å². The van der Waals surface area contributed by atoms with E-state index in [2.05, 4.69) is 0 Å². The van der Waals surface area contributed by atoms with Gasteiger partial charge in [0.15, 0.2) is 11.5 Å². The molecule has 1 aliphatic rings. The highest BCUT2D eigenvalue weighted by molar-refractivity contribution is 8.01. The van der Waals surface area contributed by atoms with Crippen molar-refractivity contribution in [2.75, 3.05) is 33.6 Å². The van der Waals surface area contributed by atoms with Gasteiger partial charge in [-0.25, -0.2) is 8.42 Å². The lowest BCUT2D eigenvalue weighted by atomic mass is 10.1. The van der Waals surface area contributed by atoms with Gasteiger partial charge in [0.25, 0.3) is 0 Å². The molecule has 0 radical (unpaired) electrons. The molecule has 1 saturated heterocycles. The molecule has 2 aromatic rings. The first kappa shape index (κ1) is 20.8. The van der Waals surface area contributed by atoms with E-state index in [1.807, 2.05) is 19.9 Å². The van der Waals surface area contributed by atoms with Crippen LogP contribution >= 0.6 is 11.8 Å². The maximum absolute atomic E-state index is 13.4. The van der Waals surface area contributed by atoms with E-state index in [0.717, 1.165) is 16.7 Å². The topological polar surface area (TPSA) is 65.1 Å². The predicted molar refractivity (Wildman–Crippen MR) is 111 cm³/mol. The summed E-state index contributed by atoms with van der Waals surface area (Å²) in [5.74, 6) is 2.34. The van der Waals surface area contributed by atoms with Crippen molar-refractivity contribution in [1.82, 2.24) is 4.31 Å². The number of sulfonamides is 1. The maximum Gasteiger partial charge on any atom is 0.244 e. The van der Waals surface area contributed by atoms with Crippen molar-refractivity contribution in [3.8, 4) is 17.2 Å². The molecule has 8 heteroatoms. The molecule has 0 saturated carbocycles. The zero-order chi connectivity index (χ0) is 20.5. The van der Waals surface area contributed by atoms with Crippen LogP contribution in [0, 0.1) is 13.8 Å². The highest BCUT2D eigenvalue weighted by atomic mass is 32.2. The number of ether oxygens (including phenoxy) is 3. The van der Waals surface area contributed by atoms with Crippen LogP contribution in [0.15, 0.2) is 35.2 Å². The Morgan fingerprint density at radius 2 is 1.57 bits per heavy atom. The minimum atomic E-state index is -3.65. The van der Waals surface area contributed by atoms with E-state index < -0.39 is 15.4 Å². The summed E-state index contributed by atoms with van der Waals surface area (Å²) in [5.41, 5.74) is 2.76. The van der Waals surface area contributed by atoms with Crippen LogP contribution in [0.25, 0.3) is 0 Å². The molecule has 3 rings (SSSR count). The Morgan fingerprint density at radius 1 is 0.929 bits per heavy atom. The molecule has 152 valence electrons. The summed E-state index contributed by atoms with van der Waals surface area (Å²) in [4.78, 5) is 0.308. The molecule has 28 heavy (non-hydrogen) atoms. The van der Waals surface area contributed by atoms with Crippen LogP contribution in [-0.2, 0) is 10.0 Å². The Morgan fingerprint density at radius 3 is 2.18 bits per heavy atom. The predicted octanol–water partition coefficient (Wildman–Crippen LogP) is 3.77. The highest BCUT2D eigenvalue weighted by Crippen LogP contribution is 2.47. The summed E-state index contributed by atoms with van der Waals surface area (Å²) in [7, 11) is 1.02. The number of thioether (sulfide) groups is 1. The summed E-state index contributed by atoms with van der Waals surface area (Å²) < 4.78 is 44.6. The second-order valence-electron chi connectivity index (χ2n) is 6.53. The van der Waals surface area contributed by atoms with Gasteiger partial charge in [0, 0.05) is 23.9 Å². The first-order valence-electron chi connectivity index (χ1n) is 8.84. The number of hydrogen-bond acceptors (Lipinski definition) is 6. The van der Waals surface area contributed by atoms with Crippen LogP contribution in [0.5, 0.6) is 17.2 Å². The van der Waals surface area contributed by atoms with E-state index in [1.165, 1.54) is 4.31 Å². The minimum absolute atomic E-state index is 0.308. The lowest BCUT2D eigenvalue weighted by Gasteiger charge is -2.26. The third-order valence-corrected chi connectivity index (χ3v) is 8.17. The first-order chi connectivity index (χ1) is 13.3. The Bertz CT molecular complexity index is 975. The molecule has 1 atom stereocenters. The molecule has 1 unspecified atom stereocenters. The maximum atomic E-state index is 13.4. The number of rotatable bonds is 6. The van der Waals surface area contributed by atoms with E-state index in [-0.39, 0.29) is 0 Å². The van der Waals surface area contributed by atoms with Crippen LogP contribution in [0.1, 0.15) is 22.1 Å². The molecular weight excluding hydrogens is 398 g/mol. The number of benzene rings is 2. The molecule has 0 spiro atoms. The SMILES string of the molecule is COc1cc(OC)c(C2SCCN2S(=O)(=O)c2ccc(C)c(C)c2)cc1OC. The summed E-state index contributed by atoms with van der Waals surface area (Å²) in [6.45, 7) is 4.32. The molecule has 0 aromatic heterocycles. The van der Waals surface area contributed by atoms with Crippen molar-refractivity contribution >= 4 is 21.8 Å². The van der Waals surface area contributed by atoms with Crippen molar-refractivity contribution in [2.45, 2.75) is 24.1 Å². The fraction of sp³-hybridized carbons (Fsp3) is 0.400. The van der Waals surface area contributed by atoms with Gasteiger partial charge in [-0.3, -0.25) is 0 Å². The molecule has 0 aliphatic carbocycles. The second-order valence-corrected chi connectivity index (χ2v) is 9.61. The Hall–Kier alpha value is -1.90.